The number of carboxylic acid groups (broad SMARTS) is 1. The number of hydrogen-bond acceptors (Lipinski definition) is 12. The van der Waals surface area contributed by atoms with Crippen LogP contribution in [0, 0.1) is 0 Å². The largest absolute Gasteiger partial charge is 1.00 e. The Hall–Kier alpha value is -2.80. The van der Waals surface area contributed by atoms with Crippen molar-refractivity contribution in [2.75, 3.05) is 14.1 Å². The summed E-state index contributed by atoms with van der Waals surface area (Å²) in [6.07, 6.45) is -1.79. The minimum atomic E-state index is -1.28. The van der Waals surface area contributed by atoms with Crippen LogP contribution in [0.25, 0.3) is 0 Å². The third kappa shape index (κ3) is 26.0. The summed E-state index contributed by atoms with van der Waals surface area (Å²) >= 11 is 5.46. The van der Waals surface area contributed by atoms with Crippen molar-refractivity contribution in [3.05, 3.63) is 71.8 Å². The first-order chi connectivity index (χ1) is 25.4. The fourth-order valence-corrected chi connectivity index (χ4v) is 4.21. The van der Waals surface area contributed by atoms with Crippen molar-refractivity contribution in [2.24, 2.45) is 0 Å². The van der Waals surface area contributed by atoms with Crippen LogP contribution < -0.4 is 74.0 Å². The van der Waals surface area contributed by atoms with E-state index in [-0.39, 0.29) is 102 Å². The van der Waals surface area contributed by atoms with E-state index in [9.17, 15) is 33.9 Å². The zero-order chi connectivity index (χ0) is 42.5. The molecule has 0 spiro atoms. The van der Waals surface area contributed by atoms with E-state index in [1.807, 2.05) is 81.4 Å². The zero-order valence-electron chi connectivity index (χ0n) is 35.1. The monoisotopic (exact) mass is 942 g/mol. The number of rotatable bonds is 13. The van der Waals surface area contributed by atoms with Gasteiger partial charge in [0, 0.05) is 14.1 Å². The van der Waals surface area contributed by atoms with Gasteiger partial charge in [-0.3, -0.25) is 9.69 Å². The summed E-state index contributed by atoms with van der Waals surface area (Å²) in [7, 11) is 2.85. The van der Waals surface area contributed by atoms with Crippen molar-refractivity contribution in [1.29, 1.82) is 0 Å². The van der Waals surface area contributed by atoms with E-state index < -0.39 is 64.9 Å². The fraction of sp³-hybridized carbons (Fsp3) is 0.561. The number of aliphatic carboxylic acids is 1. The SMILES string of the molecule is C.CC(Cl)C(=O)OC(C)(C)C.CCC(C(=O)OC(C)C(=O)OC(C)(C)C)N(C)C(=O)OCc1ccccc1.CCC(C(=O)[O-])N(C)C(=O)OCc1ccccc1.[Cs+]. The van der Waals surface area contributed by atoms with Gasteiger partial charge >= 0.3 is 99.0 Å². The number of nitrogens with zero attached hydrogens (tertiary/aromatic N) is 2. The maximum Gasteiger partial charge on any atom is 1.00 e. The second-order valence-corrected chi connectivity index (χ2v) is 14.9. The van der Waals surface area contributed by atoms with E-state index in [1.165, 1.54) is 25.9 Å². The van der Waals surface area contributed by atoms with Gasteiger partial charge in [0.2, 0.25) is 0 Å². The summed E-state index contributed by atoms with van der Waals surface area (Å²) in [4.78, 5) is 72.0. The van der Waals surface area contributed by atoms with Crippen LogP contribution in [0.5, 0.6) is 0 Å². The van der Waals surface area contributed by atoms with Crippen molar-refractivity contribution in [3.63, 3.8) is 0 Å². The molecule has 57 heavy (non-hydrogen) atoms. The van der Waals surface area contributed by atoms with Crippen molar-refractivity contribution < 1.29 is 126 Å². The zero-order valence-corrected chi connectivity index (χ0v) is 42.1. The van der Waals surface area contributed by atoms with Gasteiger partial charge < -0.3 is 38.5 Å². The predicted octanol–water partition coefficient (Wildman–Crippen LogP) is 3.69. The Labute approximate surface area is 403 Å². The summed E-state index contributed by atoms with van der Waals surface area (Å²) in [6, 6.07) is 16.6. The number of halogens is 1. The molecule has 0 bridgehead atoms. The number of benzene rings is 2. The van der Waals surface area contributed by atoms with Gasteiger partial charge in [0.1, 0.15) is 35.8 Å². The molecule has 0 aliphatic rings. The molecule has 16 heteroatoms. The van der Waals surface area contributed by atoms with Crippen LogP contribution in [0.1, 0.15) is 101 Å². The van der Waals surface area contributed by atoms with Gasteiger partial charge in [0.15, 0.2) is 6.10 Å². The van der Waals surface area contributed by atoms with Gasteiger partial charge in [-0.05, 0) is 79.4 Å². The smallest absolute Gasteiger partial charge is 0.548 e. The minimum absolute atomic E-state index is 0. The molecular weight excluding hydrogens is 881 g/mol. The molecule has 0 heterocycles. The number of esters is 3. The molecule has 4 atom stereocenters. The van der Waals surface area contributed by atoms with E-state index in [1.54, 1.807) is 41.5 Å². The molecule has 0 aromatic heterocycles. The molecule has 2 aromatic carbocycles. The van der Waals surface area contributed by atoms with Gasteiger partial charge in [-0.1, -0.05) is 81.9 Å². The molecule has 0 saturated carbocycles. The Morgan fingerprint density at radius 1 is 0.649 bits per heavy atom. The van der Waals surface area contributed by atoms with E-state index in [2.05, 4.69) is 0 Å². The first kappa shape index (κ1) is 58.5. The summed E-state index contributed by atoms with van der Waals surface area (Å²) in [6.45, 7) is 17.3. The van der Waals surface area contributed by atoms with Gasteiger partial charge in [0.25, 0.3) is 0 Å². The van der Waals surface area contributed by atoms with Crippen molar-refractivity contribution in [2.45, 2.75) is 137 Å². The van der Waals surface area contributed by atoms with Crippen molar-refractivity contribution >= 4 is 47.7 Å². The van der Waals surface area contributed by atoms with Crippen LogP contribution in [0.4, 0.5) is 9.59 Å². The van der Waals surface area contributed by atoms with Crippen molar-refractivity contribution in [3.8, 4) is 0 Å². The third-order valence-corrected chi connectivity index (χ3v) is 7.18. The van der Waals surface area contributed by atoms with Crippen LogP contribution in [0.2, 0.25) is 0 Å². The summed E-state index contributed by atoms with van der Waals surface area (Å²) in [5, 5.41) is 10.2. The Morgan fingerprint density at radius 2 is 1.00 bits per heavy atom. The maximum atomic E-state index is 12.4. The van der Waals surface area contributed by atoms with Gasteiger partial charge in [-0.15, -0.1) is 11.6 Å². The van der Waals surface area contributed by atoms with Crippen LogP contribution in [-0.2, 0) is 56.1 Å². The molecule has 0 aliphatic carbocycles. The quantitative estimate of drug-likeness (QED) is 0.162. The Kier molecular flexibility index (Phi) is 30.2. The number of likely N-dealkylation sites (N-methyl/N-ethyl adjacent to an activating group) is 2. The predicted molar refractivity (Wildman–Crippen MR) is 211 cm³/mol. The van der Waals surface area contributed by atoms with E-state index in [0.717, 1.165) is 16.0 Å². The van der Waals surface area contributed by atoms with E-state index >= 15 is 0 Å². The molecular formula is C41H62ClCsN2O12. The standard InChI is InChI=1S/C20H29NO6.C13H17NO4.C7H13ClO2.CH4.Cs/c1-7-16(18(23)26-14(2)17(22)27-20(3,4)5)21(6)19(24)25-13-15-11-9-8-10-12-15;1-3-11(12(15)16)14(2)13(17)18-9-10-7-5-4-6-8-10;1-5(8)6(9)10-7(2,3)4;;/h8-12,14,16H,7,13H2,1-6H3;4-8,11H,3,9H2,1-2H3,(H,15,16);5H,1-4H3;1H4;/q;;;;+1/p-1. The number of carbonyl (C=O) groups is 6. The van der Waals surface area contributed by atoms with Gasteiger partial charge in [-0.25, -0.2) is 19.2 Å². The van der Waals surface area contributed by atoms with Crippen LogP contribution in [-0.4, -0.2) is 94.7 Å². The number of hydrogen-bond donors (Lipinski definition) is 0. The van der Waals surface area contributed by atoms with Crippen LogP contribution in [0.3, 0.4) is 0 Å². The molecule has 2 rings (SSSR count). The topological polar surface area (TPSA) is 178 Å². The van der Waals surface area contributed by atoms with Gasteiger partial charge in [-0.2, -0.15) is 0 Å². The second kappa shape index (κ2) is 29.4. The molecule has 0 aliphatic heterocycles. The normalized spacial score (nSPS) is 12.5. The van der Waals surface area contributed by atoms with Crippen LogP contribution in [0.15, 0.2) is 60.7 Å². The Morgan fingerprint density at radius 3 is 1.30 bits per heavy atom. The van der Waals surface area contributed by atoms with E-state index in [4.69, 9.17) is 35.3 Å². The summed E-state index contributed by atoms with van der Waals surface area (Å²) in [5.74, 6) is -2.97. The van der Waals surface area contributed by atoms with Crippen molar-refractivity contribution in [1.82, 2.24) is 9.80 Å². The number of carbonyl (C=O) groups excluding carboxylic acids is 6. The van der Waals surface area contributed by atoms with Gasteiger partial charge in [0.05, 0.1) is 12.0 Å². The second-order valence-electron chi connectivity index (χ2n) is 14.2. The average Bonchev–Trinajstić information content (AvgIpc) is 3.09. The molecule has 2 aromatic rings. The molecule has 0 fully saturated rings. The Balaban J connectivity index is -0.000000839. The maximum absolute atomic E-state index is 12.4. The number of ether oxygens (including phenoxy) is 5. The molecule has 4 unspecified atom stereocenters. The minimum Gasteiger partial charge on any atom is -0.548 e. The average molecular weight is 943 g/mol. The fourth-order valence-electron chi connectivity index (χ4n) is 4.16. The number of carboxylic acids is 1. The third-order valence-electron chi connectivity index (χ3n) is 7.00. The molecule has 0 radical (unpaired) electrons. The number of alkyl halides is 1. The Bertz CT molecular complexity index is 1500. The molecule has 2 amide bonds. The molecule has 0 saturated heterocycles. The summed E-state index contributed by atoms with van der Waals surface area (Å²) < 4.78 is 25.5. The number of amides is 2. The summed E-state index contributed by atoms with van der Waals surface area (Å²) in [5.41, 5.74) is 0.578. The molecule has 14 nitrogen and oxygen atoms in total. The van der Waals surface area contributed by atoms with E-state index in [0.29, 0.717) is 6.42 Å². The first-order valence-electron chi connectivity index (χ1n) is 17.8. The first-order valence-corrected chi connectivity index (χ1v) is 18.3. The van der Waals surface area contributed by atoms with Crippen LogP contribution >= 0.6 is 11.6 Å². The molecule has 316 valence electrons. The molecule has 0 N–H and O–H groups in total.